The van der Waals surface area contributed by atoms with Crippen molar-refractivity contribution in [3.63, 3.8) is 0 Å². The Morgan fingerprint density at radius 3 is 2.48 bits per heavy atom. The van der Waals surface area contributed by atoms with Crippen molar-refractivity contribution in [2.45, 2.75) is 11.8 Å². The van der Waals surface area contributed by atoms with Crippen molar-refractivity contribution in [2.75, 3.05) is 49.5 Å². The Kier molecular flexibility index (Phi) is 6.14. The van der Waals surface area contributed by atoms with Gasteiger partial charge in [-0.25, -0.2) is 8.42 Å². The number of ether oxygens (including phenoxy) is 1. The lowest BCUT2D eigenvalue weighted by Gasteiger charge is -2.36. The van der Waals surface area contributed by atoms with E-state index < -0.39 is 10.0 Å². The van der Waals surface area contributed by atoms with Gasteiger partial charge in [0.2, 0.25) is 0 Å². The molecule has 0 spiro atoms. The smallest absolute Gasteiger partial charge is 0.265 e. The molecule has 6 nitrogen and oxygen atoms in total. The van der Waals surface area contributed by atoms with Gasteiger partial charge in [-0.15, -0.1) is 0 Å². The summed E-state index contributed by atoms with van der Waals surface area (Å²) >= 11 is 6.15. The molecule has 27 heavy (non-hydrogen) atoms. The van der Waals surface area contributed by atoms with E-state index in [1.807, 2.05) is 6.07 Å². The predicted molar refractivity (Wildman–Crippen MR) is 110 cm³/mol. The molecule has 0 saturated carbocycles. The fraction of sp³-hybridized carbons (Fsp3) is 0.368. The van der Waals surface area contributed by atoms with Gasteiger partial charge in [-0.2, -0.15) is 0 Å². The molecule has 2 aromatic rings. The summed E-state index contributed by atoms with van der Waals surface area (Å²) in [5.74, 6) is 0.296. The minimum atomic E-state index is -3.82. The number of hydrogen-bond acceptors (Lipinski definition) is 5. The van der Waals surface area contributed by atoms with Gasteiger partial charge in [0.25, 0.3) is 10.0 Å². The van der Waals surface area contributed by atoms with Crippen LogP contribution in [0.15, 0.2) is 47.4 Å². The molecule has 1 aliphatic heterocycles. The fourth-order valence-corrected chi connectivity index (χ4v) is 4.62. The van der Waals surface area contributed by atoms with Crippen molar-refractivity contribution in [1.29, 1.82) is 0 Å². The number of benzene rings is 2. The molecule has 1 N–H and O–H groups in total. The predicted octanol–water partition coefficient (Wildman–Crippen LogP) is 3.29. The van der Waals surface area contributed by atoms with Crippen LogP contribution in [0.2, 0.25) is 5.02 Å². The molecule has 2 aromatic carbocycles. The van der Waals surface area contributed by atoms with Crippen molar-refractivity contribution >= 4 is 33.0 Å². The van der Waals surface area contributed by atoms with E-state index in [2.05, 4.69) is 21.4 Å². The summed E-state index contributed by atoms with van der Waals surface area (Å²) in [6.07, 6.45) is 0. The average molecular weight is 410 g/mol. The van der Waals surface area contributed by atoms with Gasteiger partial charge in [-0.3, -0.25) is 4.72 Å². The molecule has 1 heterocycles. The molecule has 0 unspecified atom stereocenters. The third-order valence-electron chi connectivity index (χ3n) is 4.72. The van der Waals surface area contributed by atoms with Gasteiger partial charge in [0.1, 0.15) is 10.6 Å². The lowest BCUT2D eigenvalue weighted by Crippen LogP contribution is -2.46. The third kappa shape index (κ3) is 4.48. The van der Waals surface area contributed by atoms with Gasteiger partial charge < -0.3 is 14.5 Å². The van der Waals surface area contributed by atoms with Gasteiger partial charge in [-0.05, 0) is 36.9 Å². The second kappa shape index (κ2) is 8.37. The summed E-state index contributed by atoms with van der Waals surface area (Å²) in [6, 6.07) is 11.8. The van der Waals surface area contributed by atoms with Crippen molar-refractivity contribution in [3.8, 4) is 5.75 Å². The van der Waals surface area contributed by atoms with Gasteiger partial charge in [0.15, 0.2) is 0 Å². The minimum Gasteiger partial charge on any atom is -0.495 e. The Bertz CT molecular complexity index is 897. The number of methoxy groups -OCH3 is 1. The van der Waals surface area contributed by atoms with Crippen molar-refractivity contribution in [3.05, 3.63) is 47.5 Å². The van der Waals surface area contributed by atoms with Crippen LogP contribution >= 0.6 is 11.6 Å². The molecular weight excluding hydrogens is 386 g/mol. The molecule has 8 heteroatoms. The highest BCUT2D eigenvalue weighted by Gasteiger charge is 2.23. The maximum atomic E-state index is 13.0. The lowest BCUT2D eigenvalue weighted by molar-refractivity contribution is 0.271. The number of likely N-dealkylation sites (N-methyl/N-ethyl adjacent to an activating group) is 1. The first kappa shape index (κ1) is 19.8. The number of nitrogens with one attached hydrogen (secondary N) is 1. The minimum absolute atomic E-state index is 0.0919. The van der Waals surface area contributed by atoms with Crippen LogP contribution in [-0.4, -0.2) is 53.2 Å². The van der Waals surface area contributed by atoms with E-state index in [9.17, 15) is 8.42 Å². The monoisotopic (exact) mass is 409 g/mol. The molecule has 3 rings (SSSR count). The number of rotatable bonds is 6. The maximum absolute atomic E-state index is 13.0. The van der Waals surface area contributed by atoms with Gasteiger partial charge in [0, 0.05) is 31.2 Å². The van der Waals surface area contributed by atoms with Crippen LogP contribution in [0.25, 0.3) is 0 Å². The molecule has 1 aliphatic rings. The van der Waals surface area contributed by atoms with Crippen LogP contribution in [0.1, 0.15) is 6.92 Å². The Hall–Kier alpha value is -1.96. The second-order valence-corrected chi connectivity index (χ2v) is 8.43. The highest BCUT2D eigenvalue weighted by atomic mass is 35.5. The van der Waals surface area contributed by atoms with Gasteiger partial charge in [-0.1, -0.05) is 30.7 Å². The Morgan fingerprint density at radius 1 is 1.11 bits per heavy atom. The largest absolute Gasteiger partial charge is 0.495 e. The van der Waals surface area contributed by atoms with E-state index in [0.717, 1.165) is 38.4 Å². The molecule has 0 aromatic heterocycles. The number of piperazine rings is 1. The Morgan fingerprint density at radius 2 is 1.81 bits per heavy atom. The normalized spacial score (nSPS) is 15.6. The topological polar surface area (TPSA) is 61.9 Å². The third-order valence-corrected chi connectivity index (χ3v) is 6.36. The van der Waals surface area contributed by atoms with E-state index in [-0.39, 0.29) is 4.90 Å². The summed E-state index contributed by atoms with van der Waals surface area (Å²) in [4.78, 5) is 4.64. The van der Waals surface area contributed by atoms with E-state index in [1.54, 1.807) is 30.3 Å². The fourth-order valence-electron chi connectivity index (χ4n) is 3.21. The quantitative estimate of drug-likeness (QED) is 0.793. The summed E-state index contributed by atoms with van der Waals surface area (Å²) in [5, 5.41) is 0.476. The number of para-hydroxylation sites is 1. The Labute approximate surface area is 165 Å². The van der Waals surface area contributed by atoms with Crippen LogP contribution in [0.3, 0.4) is 0 Å². The van der Waals surface area contributed by atoms with Gasteiger partial charge in [0.05, 0.1) is 18.5 Å². The van der Waals surface area contributed by atoms with Crippen LogP contribution in [0.5, 0.6) is 5.75 Å². The molecule has 0 amide bonds. The highest BCUT2D eigenvalue weighted by Crippen LogP contribution is 2.33. The molecule has 1 saturated heterocycles. The van der Waals surface area contributed by atoms with E-state index >= 15 is 0 Å². The van der Waals surface area contributed by atoms with E-state index in [4.69, 9.17) is 16.3 Å². The number of anilines is 2. The molecule has 1 fully saturated rings. The Balaban J connectivity index is 1.91. The standard InChI is InChI=1S/C19H24ClN3O3S/c1-3-22-10-12-23(13-11-22)17-9-8-15(20)14-16(17)21-27(24,25)19-7-5-4-6-18(19)26-2/h4-9,14,21H,3,10-13H2,1-2H3. The number of halogens is 1. The maximum Gasteiger partial charge on any atom is 0.265 e. The van der Waals surface area contributed by atoms with Crippen LogP contribution in [0, 0.1) is 0 Å². The average Bonchev–Trinajstić information content (AvgIpc) is 2.68. The first-order chi connectivity index (χ1) is 12.9. The first-order valence-corrected chi connectivity index (χ1v) is 10.7. The molecule has 0 aliphatic carbocycles. The SMILES string of the molecule is CCN1CCN(c2ccc(Cl)cc2NS(=O)(=O)c2ccccc2OC)CC1. The van der Waals surface area contributed by atoms with Gasteiger partial charge >= 0.3 is 0 Å². The zero-order valence-electron chi connectivity index (χ0n) is 15.5. The van der Waals surface area contributed by atoms with E-state index in [1.165, 1.54) is 13.2 Å². The van der Waals surface area contributed by atoms with Crippen LogP contribution in [-0.2, 0) is 10.0 Å². The molecule has 0 radical (unpaired) electrons. The van der Waals surface area contributed by atoms with Crippen molar-refractivity contribution < 1.29 is 13.2 Å². The summed E-state index contributed by atoms with van der Waals surface area (Å²) in [5.41, 5.74) is 1.30. The summed E-state index contributed by atoms with van der Waals surface area (Å²) in [7, 11) is -2.37. The van der Waals surface area contributed by atoms with Crippen LogP contribution < -0.4 is 14.4 Å². The van der Waals surface area contributed by atoms with Crippen molar-refractivity contribution in [2.24, 2.45) is 0 Å². The highest BCUT2D eigenvalue weighted by molar-refractivity contribution is 7.92. The summed E-state index contributed by atoms with van der Waals surface area (Å²) in [6.45, 7) is 6.71. The number of hydrogen-bond donors (Lipinski definition) is 1. The zero-order chi connectivity index (χ0) is 19.4. The molecule has 0 atom stereocenters. The zero-order valence-corrected chi connectivity index (χ0v) is 17.1. The molecular formula is C19H24ClN3O3S. The van der Waals surface area contributed by atoms with E-state index in [0.29, 0.717) is 16.5 Å². The lowest BCUT2D eigenvalue weighted by atomic mass is 10.2. The second-order valence-electron chi connectivity index (χ2n) is 6.34. The first-order valence-electron chi connectivity index (χ1n) is 8.87. The molecule has 0 bridgehead atoms. The number of sulfonamides is 1. The number of nitrogens with zero attached hydrogens (tertiary/aromatic N) is 2. The van der Waals surface area contributed by atoms with Crippen LogP contribution in [0.4, 0.5) is 11.4 Å². The van der Waals surface area contributed by atoms with Crippen molar-refractivity contribution in [1.82, 2.24) is 4.90 Å². The summed E-state index contributed by atoms with van der Waals surface area (Å²) < 4.78 is 33.8. The molecule has 146 valence electrons.